The van der Waals surface area contributed by atoms with E-state index < -0.39 is 0 Å². The van der Waals surface area contributed by atoms with Gasteiger partial charge in [0.05, 0.1) is 6.61 Å². The lowest BCUT2D eigenvalue weighted by Crippen LogP contribution is -1.92. The molecule has 4 heteroatoms. The molecule has 0 saturated heterocycles. The molecule has 16 heavy (non-hydrogen) atoms. The first kappa shape index (κ1) is 12.3. The van der Waals surface area contributed by atoms with Crippen molar-refractivity contribution in [3.63, 3.8) is 0 Å². The number of nitrogens with zero attached hydrogens (tertiary/aromatic N) is 3. The highest BCUT2D eigenvalue weighted by Crippen LogP contribution is 2.16. The van der Waals surface area contributed by atoms with Gasteiger partial charge in [-0.1, -0.05) is 42.4 Å². The Bertz CT molecular complexity index is 403. The molecular weight excluding hydrogens is 202 g/mol. The van der Waals surface area contributed by atoms with Crippen molar-refractivity contribution >= 4 is 11.8 Å². The minimum atomic E-state index is 0.629. The van der Waals surface area contributed by atoms with E-state index >= 15 is 0 Å². The van der Waals surface area contributed by atoms with Crippen molar-refractivity contribution in [2.24, 2.45) is 5.11 Å². The maximum atomic E-state index is 8.27. The van der Waals surface area contributed by atoms with E-state index in [0.717, 1.165) is 12.0 Å². The van der Waals surface area contributed by atoms with Crippen molar-refractivity contribution in [3.05, 3.63) is 45.8 Å². The van der Waals surface area contributed by atoms with Gasteiger partial charge in [0.1, 0.15) is 0 Å². The van der Waals surface area contributed by atoms with Crippen LogP contribution < -0.4 is 0 Å². The Kier molecular flexibility index (Phi) is 5.12. The summed E-state index contributed by atoms with van der Waals surface area (Å²) in [5.41, 5.74) is 11.2. The molecule has 1 aromatic rings. The molecule has 0 N–H and O–H groups in total. The highest BCUT2D eigenvalue weighted by Gasteiger charge is 1.95. The fourth-order valence-electron chi connectivity index (χ4n) is 1.36. The zero-order valence-corrected chi connectivity index (χ0v) is 9.55. The maximum absolute atomic E-state index is 8.27. The number of rotatable bonds is 5. The van der Waals surface area contributed by atoms with E-state index in [0.29, 0.717) is 12.3 Å². The van der Waals surface area contributed by atoms with Crippen LogP contribution in [0.4, 0.5) is 5.69 Å². The number of hydrogen-bond donors (Lipinski definition) is 0. The average Bonchev–Trinajstić information content (AvgIpc) is 2.31. The fraction of sp³-hybridized carbons (Fsp3) is 0.333. The predicted molar refractivity (Wildman–Crippen MR) is 65.4 cm³/mol. The van der Waals surface area contributed by atoms with Gasteiger partial charge in [-0.15, -0.1) is 0 Å². The molecule has 1 aromatic carbocycles. The van der Waals surface area contributed by atoms with Crippen LogP contribution in [0.5, 0.6) is 0 Å². The average molecular weight is 217 g/mol. The van der Waals surface area contributed by atoms with Crippen molar-refractivity contribution in [3.8, 4) is 0 Å². The minimum absolute atomic E-state index is 0.629. The van der Waals surface area contributed by atoms with Gasteiger partial charge in [-0.2, -0.15) is 0 Å². The zero-order chi connectivity index (χ0) is 11.8. The summed E-state index contributed by atoms with van der Waals surface area (Å²) in [7, 11) is 1.69. The second-order valence-electron chi connectivity index (χ2n) is 3.37. The Morgan fingerprint density at radius 3 is 2.62 bits per heavy atom. The molecule has 0 aliphatic heterocycles. The smallest absolute Gasteiger partial charge is 0.0676 e. The van der Waals surface area contributed by atoms with Crippen molar-refractivity contribution in [2.45, 2.75) is 13.3 Å². The Hall–Kier alpha value is -1.77. The van der Waals surface area contributed by atoms with Crippen LogP contribution in [0.1, 0.15) is 18.9 Å². The number of benzene rings is 1. The van der Waals surface area contributed by atoms with Gasteiger partial charge in [0.15, 0.2) is 0 Å². The number of hydrogen-bond acceptors (Lipinski definition) is 2. The first-order chi connectivity index (χ1) is 7.80. The third-order valence-corrected chi connectivity index (χ3v) is 2.21. The zero-order valence-electron chi connectivity index (χ0n) is 9.55. The molecule has 0 bridgehead atoms. The Labute approximate surface area is 95.2 Å². The monoisotopic (exact) mass is 217 g/mol. The van der Waals surface area contributed by atoms with E-state index in [2.05, 4.69) is 23.0 Å². The summed E-state index contributed by atoms with van der Waals surface area (Å²) < 4.78 is 5.09. The predicted octanol–water partition coefficient (Wildman–Crippen LogP) is 4.07. The molecule has 0 heterocycles. The van der Waals surface area contributed by atoms with E-state index in [1.54, 1.807) is 19.2 Å². The van der Waals surface area contributed by atoms with Gasteiger partial charge >= 0.3 is 0 Å². The summed E-state index contributed by atoms with van der Waals surface area (Å²) in [6, 6.07) is 7.45. The third-order valence-electron chi connectivity index (χ3n) is 2.21. The molecule has 0 spiro atoms. The van der Waals surface area contributed by atoms with Crippen LogP contribution in [0.25, 0.3) is 16.5 Å². The largest absolute Gasteiger partial charge is 0.380 e. The molecule has 0 aliphatic carbocycles. The van der Waals surface area contributed by atoms with E-state index in [1.165, 1.54) is 5.57 Å². The molecule has 0 aromatic heterocycles. The normalized spacial score (nSPS) is 11.0. The Balaban J connectivity index is 2.84. The van der Waals surface area contributed by atoms with E-state index in [-0.39, 0.29) is 0 Å². The van der Waals surface area contributed by atoms with Gasteiger partial charge in [-0.25, -0.2) is 0 Å². The van der Waals surface area contributed by atoms with Gasteiger partial charge < -0.3 is 4.74 Å². The molecule has 0 atom stereocenters. The van der Waals surface area contributed by atoms with Crippen molar-refractivity contribution in [1.82, 2.24) is 0 Å². The van der Waals surface area contributed by atoms with Gasteiger partial charge in [-0.05, 0) is 23.1 Å². The van der Waals surface area contributed by atoms with Gasteiger partial charge in [0.25, 0.3) is 0 Å². The van der Waals surface area contributed by atoms with Gasteiger partial charge in [0.2, 0.25) is 0 Å². The third kappa shape index (κ3) is 3.77. The first-order valence-corrected chi connectivity index (χ1v) is 5.13. The highest BCUT2D eigenvalue weighted by atomic mass is 16.5. The van der Waals surface area contributed by atoms with E-state index in [9.17, 15) is 0 Å². The Morgan fingerprint density at radius 2 is 2.12 bits per heavy atom. The number of azide groups is 1. The van der Waals surface area contributed by atoms with Crippen LogP contribution in [0.2, 0.25) is 0 Å². The summed E-state index contributed by atoms with van der Waals surface area (Å²) in [6.07, 6.45) is 3.05. The molecule has 84 valence electrons. The topological polar surface area (TPSA) is 58.0 Å². The van der Waals surface area contributed by atoms with Crippen LogP contribution in [-0.4, -0.2) is 13.7 Å². The molecule has 0 fully saturated rings. The van der Waals surface area contributed by atoms with E-state index in [4.69, 9.17) is 10.3 Å². The second-order valence-corrected chi connectivity index (χ2v) is 3.37. The standard InChI is InChI=1S/C12H15N3O/c1-3-10(9-16-2)8-11-4-6-12(7-5-11)14-15-13/h4-8H,3,9H2,1-2H3/b10-8+. The van der Waals surface area contributed by atoms with Gasteiger partial charge in [-0.3, -0.25) is 0 Å². The summed E-state index contributed by atoms with van der Waals surface area (Å²) >= 11 is 0. The van der Waals surface area contributed by atoms with Crippen LogP contribution >= 0.6 is 0 Å². The summed E-state index contributed by atoms with van der Waals surface area (Å²) in [6.45, 7) is 2.74. The van der Waals surface area contributed by atoms with E-state index in [1.807, 2.05) is 12.1 Å². The molecule has 0 amide bonds. The summed E-state index contributed by atoms with van der Waals surface area (Å²) in [5.74, 6) is 0. The van der Waals surface area contributed by atoms with Crippen LogP contribution in [0, 0.1) is 0 Å². The molecule has 4 nitrogen and oxygen atoms in total. The quantitative estimate of drug-likeness (QED) is 0.416. The van der Waals surface area contributed by atoms with Crippen molar-refractivity contribution in [1.29, 1.82) is 0 Å². The van der Waals surface area contributed by atoms with Crippen LogP contribution in [-0.2, 0) is 4.74 Å². The van der Waals surface area contributed by atoms with Crippen molar-refractivity contribution < 1.29 is 4.74 Å². The fourth-order valence-corrected chi connectivity index (χ4v) is 1.36. The molecule has 1 rings (SSSR count). The Morgan fingerprint density at radius 1 is 1.44 bits per heavy atom. The van der Waals surface area contributed by atoms with Crippen molar-refractivity contribution in [2.75, 3.05) is 13.7 Å². The highest BCUT2D eigenvalue weighted by molar-refractivity contribution is 5.55. The minimum Gasteiger partial charge on any atom is -0.380 e. The second kappa shape index (κ2) is 6.67. The molecule has 0 radical (unpaired) electrons. The van der Waals surface area contributed by atoms with Gasteiger partial charge in [0, 0.05) is 17.7 Å². The number of ether oxygens (including phenoxy) is 1. The lowest BCUT2D eigenvalue weighted by Gasteiger charge is -2.03. The molecule has 0 saturated carbocycles. The first-order valence-electron chi connectivity index (χ1n) is 5.13. The lowest BCUT2D eigenvalue weighted by atomic mass is 10.1. The molecule has 0 unspecified atom stereocenters. The molecular formula is C12H15N3O. The van der Waals surface area contributed by atoms with Crippen LogP contribution in [0.3, 0.4) is 0 Å². The maximum Gasteiger partial charge on any atom is 0.0676 e. The number of methoxy groups -OCH3 is 1. The summed E-state index contributed by atoms with van der Waals surface area (Å²) in [4.78, 5) is 2.73. The molecule has 0 aliphatic rings. The SMILES string of the molecule is CC/C(=C\c1ccc(N=[N+]=[N-])cc1)COC. The summed E-state index contributed by atoms with van der Waals surface area (Å²) in [5, 5.41) is 3.52. The lowest BCUT2D eigenvalue weighted by molar-refractivity contribution is 0.224. The van der Waals surface area contributed by atoms with Crippen LogP contribution in [0.15, 0.2) is 35.0 Å².